The molecule has 0 N–H and O–H groups in total. The zero-order valence-electron chi connectivity index (χ0n) is 48.1. The van der Waals surface area contributed by atoms with Crippen LogP contribution in [0.4, 0.5) is 13.2 Å². The Balaban J connectivity index is 1.52. The molecule has 4 aliphatic rings. The zero-order chi connectivity index (χ0) is 57.3. The Morgan fingerprint density at radius 3 is 1.95 bits per heavy atom. The molecule has 0 aliphatic carbocycles. The number of aldehydes is 1. The number of halogens is 4. The van der Waals surface area contributed by atoms with Crippen LogP contribution in [0.5, 0.6) is 0 Å². The van der Waals surface area contributed by atoms with E-state index < -0.39 is 107 Å². The van der Waals surface area contributed by atoms with Gasteiger partial charge in [0.1, 0.15) is 48.2 Å². The molecule has 1 aromatic carbocycles. The largest absolute Gasteiger partial charge is 0.534 e. The number of allylic oxidation sites excluding steroid dienone is 1. The molecule has 0 bridgehead atoms. The van der Waals surface area contributed by atoms with E-state index in [-0.39, 0.29) is 52.4 Å². The number of hydrogen-bond donors (Lipinski definition) is 0. The molecule has 434 valence electrons. The number of carbonyl (C=O) groups excluding carboxylic acids is 2. The van der Waals surface area contributed by atoms with Gasteiger partial charge in [0, 0.05) is 23.2 Å². The third-order valence-electron chi connectivity index (χ3n) is 17.3. The third kappa shape index (κ3) is 15.9. The van der Waals surface area contributed by atoms with Gasteiger partial charge in [-0.2, -0.15) is 21.6 Å². The van der Waals surface area contributed by atoms with E-state index in [0.717, 1.165) is 6.29 Å². The maximum atomic E-state index is 14.0. The lowest BCUT2D eigenvalue weighted by molar-refractivity contribution is -0.266. The Labute approximate surface area is 469 Å². The molecule has 13 atom stereocenters. The van der Waals surface area contributed by atoms with E-state index in [1.54, 1.807) is 31.2 Å². The van der Waals surface area contributed by atoms with Gasteiger partial charge in [-0.3, -0.25) is 0 Å². The topological polar surface area (TPSA) is 151 Å². The van der Waals surface area contributed by atoms with Crippen molar-refractivity contribution in [2.45, 2.75) is 260 Å². The summed E-state index contributed by atoms with van der Waals surface area (Å²) in [5.41, 5.74) is -5.88. The van der Waals surface area contributed by atoms with Gasteiger partial charge in [-0.1, -0.05) is 123 Å². The van der Waals surface area contributed by atoms with Crippen LogP contribution in [0.2, 0.25) is 54.4 Å². The lowest BCUT2D eigenvalue weighted by Crippen LogP contribution is -2.69. The molecule has 4 fully saturated rings. The number of alkyl halides is 4. The van der Waals surface area contributed by atoms with Crippen molar-refractivity contribution >= 4 is 69.9 Å². The summed E-state index contributed by atoms with van der Waals surface area (Å²) in [7, 11) is -13.6. The third-order valence-corrected chi connectivity index (χ3v) is 33.0. The quantitative estimate of drug-likeness (QED) is 0.0125. The van der Waals surface area contributed by atoms with Crippen molar-refractivity contribution in [1.29, 1.82) is 0 Å². The number of ether oxygens (including phenoxy) is 5. The van der Waals surface area contributed by atoms with Crippen molar-refractivity contribution in [3.05, 3.63) is 60.4 Å². The lowest BCUT2D eigenvalue weighted by atomic mass is 9.85. The molecule has 0 spiro atoms. The van der Waals surface area contributed by atoms with E-state index in [1.807, 2.05) is 18.2 Å². The van der Waals surface area contributed by atoms with Gasteiger partial charge in [-0.15, -0.1) is 0 Å². The molecule has 1 aromatic rings. The van der Waals surface area contributed by atoms with Crippen molar-refractivity contribution in [2.24, 2.45) is 5.92 Å². The highest BCUT2D eigenvalue weighted by Gasteiger charge is 2.58. The van der Waals surface area contributed by atoms with Crippen molar-refractivity contribution in [1.82, 2.24) is 0 Å². The van der Waals surface area contributed by atoms with Gasteiger partial charge in [-0.25, -0.2) is 4.79 Å². The summed E-state index contributed by atoms with van der Waals surface area (Å²) in [5, 5.41) is -0.565. The predicted octanol–water partition coefficient (Wildman–Crippen LogP) is 13.5. The molecule has 5 rings (SSSR count). The first-order valence-corrected chi connectivity index (χ1v) is 38.7. The van der Waals surface area contributed by atoms with Crippen LogP contribution in [0.3, 0.4) is 0 Å². The molecule has 13 nitrogen and oxygen atoms in total. The molecule has 0 amide bonds. The van der Waals surface area contributed by atoms with Crippen LogP contribution in [0.15, 0.2) is 54.8 Å². The van der Waals surface area contributed by atoms with E-state index in [4.69, 9.17) is 37.0 Å². The predicted molar refractivity (Wildman–Crippen MR) is 305 cm³/mol. The first kappa shape index (κ1) is 65.3. The number of carbonyl (C=O) groups is 2. The van der Waals surface area contributed by atoms with E-state index in [9.17, 15) is 31.2 Å². The van der Waals surface area contributed by atoms with Gasteiger partial charge in [0.25, 0.3) is 0 Å². The maximum absolute atomic E-state index is 14.0. The number of rotatable bonds is 22. The Bertz CT molecular complexity index is 2270. The van der Waals surface area contributed by atoms with Crippen LogP contribution in [0.1, 0.15) is 137 Å². The smallest absolute Gasteiger partial charge is 0.455 e. The summed E-state index contributed by atoms with van der Waals surface area (Å²) in [5.74, 6) is -1.74. The highest BCUT2D eigenvalue weighted by molar-refractivity contribution is 14.1. The van der Waals surface area contributed by atoms with Crippen LogP contribution < -0.4 is 0 Å². The molecule has 4 unspecified atom stereocenters. The normalized spacial score (nSPS) is 29.5. The minimum atomic E-state index is -5.85. The second-order valence-corrected chi connectivity index (χ2v) is 42.8. The zero-order valence-corrected chi connectivity index (χ0v) is 54.0. The number of benzene rings is 1. The molecular formula is C55H90F3IO13SSi3. The Morgan fingerprint density at radius 1 is 0.816 bits per heavy atom. The highest BCUT2D eigenvalue weighted by atomic mass is 127. The molecular weight excluding hydrogens is 1170 g/mol. The van der Waals surface area contributed by atoms with E-state index in [2.05, 4.69) is 135 Å². The van der Waals surface area contributed by atoms with Crippen molar-refractivity contribution in [3.8, 4) is 0 Å². The van der Waals surface area contributed by atoms with Crippen molar-refractivity contribution < 1.29 is 72.3 Å². The molecule has 4 aliphatic heterocycles. The van der Waals surface area contributed by atoms with Gasteiger partial charge in [-0.05, 0) is 118 Å². The Morgan fingerprint density at radius 2 is 1.39 bits per heavy atom. The molecule has 21 heteroatoms. The van der Waals surface area contributed by atoms with Crippen molar-refractivity contribution in [3.63, 3.8) is 0 Å². The fourth-order valence-electron chi connectivity index (χ4n) is 9.53. The summed E-state index contributed by atoms with van der Waals surface area (Å²) >= 11 is 2.28. The number of fused-ring (bicyclic) bond motifs is 2. The summed E-state index contributed by atoms with van der Waals surface area (Å²) in [6.45, 7) is 38.3. The van der Waals surface area contributed by atoms with Gasteiger partial charge in [0.2, 0.25) is 0 Å². The minimum absolute atomic E-state index is 0.161. The van der Waals surface area contributed by atoms with E-state index >= 15 is 0 Å². The van der Waals surface area contributed by atoms with Gasteiger partial charge in [0.15, 0.2) is 25.0 Å². The molecule has 0 aromatic heterocycles. The first-order valence-electron chi connectivity index (χ1n) is 27.1. The summed E-state index contributed by atoms with van der Waals surface area (Å²) < 4.78 is 125. The van der Waals surface area contributed by atoms with Crippen LogP contribution in [0, 0.1) is 5.92 Å². The molecule has 76 heavy (non-hydrogen) atoms. The van der Waals surface area contributed by atoms with Gasteiger partial charge in [0.05, 0.1) is 42.2 Å². The van der Waals surface area contributed by atoms with Crippen molar-refractivity contribution in [2.75, 3.05) is 4.43 Å². The number of esters is 1. The molecule has 4 saturated heterocycles. The minimum Gasteiger partial charge on any atom is -0.455 e. The highest BCUT2D eigenvalue weighted by Crippen LogP contribution is 2.49. The maximum Gasteiger partial charge on any atom is 0.534 e. The SMILES string of the molecule is C=C(OS(=O)(=O)C(F)(F)F)[C@H](C)C[C@H]1CC[C@@H]2O[C@@H](CCC(/C=C/C(O[Si](C)(C)C(C)(C)C)C3O[C@H]4CC[C@H](CC=O)OC4[C@H](O[Si](C)(C)C(C)(C)C)[C@@H]3O[Si](C)(C)C(C)(C)C)OC(=O)c3ccccc3)C[C@]2(CI)O1. The monoisotopic (exact) mass is 1260 g/mol. The summed E-state index contributed by atoms with van der Waals surface area (Å²) in [6, 6.07) is 8.86. The second kappa shape index (κ2) is 24.9. The van der Waals surface area contributed by atoms with Crippen LogP contribution in [0.25, 0.3) is 0 Å². The summed E-state index contributed by atoms with van der Waals surface area (Å²) in [6.07, 6.45) is 3.70. The van der Waals surface area contributed by atoms with Gasteiger partial charge >= 0.3 is 21.6 Å². The Hall–Kier alpha value is -1.52. The fourth-order valence-corrected chi connectivity index (χ4v) is 14.9. The second-order valence-electron chi connectivity index (χ2n) is 26.2. The average Bonchev–Trinajstić information content (AvgIpc) is 3.67. The molecule has 0 saturated carbocycles. The van der Waals surface area contributed by atoms with Crippen LogP contribution in [-0.4, -0.2) is 128 Å². The average molecular weight is 1260 g/mol. The lowest BCUT2D eigenvalue weighted by Gasteiger charge is -2.56. The van der Waals surface area contributed by atoms with Crippen LogP contribution >= 0.6 is 22.6 Å². The van der Waals surface area contributed by atoms with E-state index in [0.29, 0.717) is 54.9 Å². The summed E-state index contributed by atoms with van der Waals surface area (Å²) in [4.78, 5) is 25.9. The standard InChI is InChI=1S/C55H90F3IO13SSi3/c1-36(37(2)69-73(62,63)55(56,57)58)33-41-27-30-45-54(35-59,68-41)34-42(64-45)24-23-39(66-50(61)38-21-19-18-20-22-38)26-29-44(70-74(12,13)51(3,4)5)47-49(72-76(16,17)53(9,10)11)48(71-75(14,15)52(6,7)8)46-43(67-47)28-25-40(65-46)31-32-60/h18-22,26,29,32,36,39-49H,2,23-25,27-28,30-31,33-35H2,1,3-17H3/b29-26+/t36-,39?,40-,41-,42+,43+,44?,45+,46?,47?,48+,49-,54-/m1/s1. The number of hydrogen-bond acceptors (Lipinski definition) is 13. The van der Waals surface area contributed by atoms with E-state index in [1.165, 1.54) is 0 Å². The molecule has 0 radical (unpaired) electrons. The van der Waals surface area contributed by atoms with Gasteiger partial charge < -0.3 is 45.9 Å². The fraction of sp³-hybridized carbons (Fsp3) is 0.782. The first-order chi connectivity index (χ1) is 34.8. The Kier molecular flexibility index (Phi) is 21.4. The molecule has 4 heterocycles. The van der Waals surface area contributed by atoms with Crippen LogP contribution in [-0.2, 0) is 56.1 Å².